The van der Waals surface area contributed by atoms with Crippen molar-refractivity contribution in [1.29, 1.82) is 0 Å². The highest BCUT2D eigenvalue weighted by Gasteiger charge is 2.68. The quantitative estimate of drug-likeness (QED) is 0.464. The maximum Gasteiger partial charge on any atom is 0.0903 e. The lowest BCUT2D eigenvalue weighted by molar-refractivity contribution is -0.241. The molecule has 2 aliphatic heterocycles. The van der Waals surface area contributed by atoms with Crippen LogP contribution in [-0.2, 0) is 4.74 Å². The second-order valence-electron chi connectivity index (χ2n) is 10.3. The average molecular weight is 361 g/mol. The largest absolute Gasteiger partial charge is 0.364 e. The number of hydrogen-bond acceptors (Lipinski definition) is 1. The monoisotopic (exact) mass is 360 g/mol. The summed E-state index contributed by atoms with van der Waals surface area (Å²) in [6.07, 6.45) is 13.7. The van der Waals surface area contributed by atoms with Crippen molar-refractivity contribution in [3.05, 3.63) is 11.6 Å². The van der Waals surface area contributed by atoms with Crippen LogP contribution in [0.25, 0.3) is 0 Å². The van der Waals surface area contributed by atoms with E-state index in [1.165, 1.54) is 51.4 Å². The molecule has 1 saturated heterocycles. The van der Waals surface area contributed by atoms with E-state index in [2.05, 4.69) is 40.7 Å². The van der Waals surface area contributed by atoms with Gasteiger partial charge in [-0.3, -0.25) is 0 Å². The lowest BCUT2D eigenvalue weighted by atomic mass is 9.57. The zero-order valence-corrected chi connectivity index (χ0v) is 18.6. The summed E-state index contributed by atoms with van der Waals surface area (Å²) in [5.74, 6) is 4.86. The van der Waals surface area contributed by atoms with Crippen molar-refractivity contribution in [2.45, 2.75) is 111 Å². The highest BCUT2D eigenvalue weighted by molar-refractivity contribution is 5.33. The first-order chi connectivity index (χ1) is 12.4. The minimum atomic E-state index is 0.114. The molecule has 0 aromatic heterocycles. The van der Waals surface area contributed by atoms with Crippen molar-refractivity contribution in [2.24, 2.45) is 35.5 Å². The third-order valence-corrected chi connectivity index (χ3v) is 8.29. The molecule has 3 aliphatic carbocycles. The van der Waals surface area contributed by atoms with E-state index >= 15 is 0 Å². The number of ether oxygens (including phenoxy) is 1. The van der Waals surface area contributed by atoms with E-state index in [4.69, 9.17) is 4.74 Å². The molecule has 0 radical (unpaired) electrons. The van der Waals surface area contributed by atoms with E-state index in [9.17, 15) is 0 Å². The molecule has 5 aliphatic rings. The molecule has 0 aromatic rings. The molecule has 0 aromatic carbocycles. The van der Waals surface area contributed by atoms with Crippen molar-refractivity contribution in [1.82, 2.24) is 0 Å². The van der Waals surface area contributed by atoms with Crippen LogP contribution in [0.3, 0.4) is 0 Å². The van der Waals surface area contributed by atoms with Gasteiger partial charge in [0.05, 0.1) is 11.2 Å². The van der Waals surface area contributed by atoms with E-state index in [1.807, 2.05) is 13.8 Å². The summed E-state index contributed by atoms with van der Waals surface area (Å²) in [5.41, 5.74) is 1.90. The Bertz CT molecular complexity index is 520. The molecule has 7 unspecified atom stereocenters. The Labute approximate surface area is 163 Å². The summed E-state index contributed by atoms with van der Waals surface area (Å²) in [6.45, 7) is 16.1. The van der Waals surface area contributed by atoms with Gasteiger partial charge in [0.1, 0.15) is 0 Å². The zero-order chi connectivity index (χ0) is 19.1. The Hall–Kier alpha value is -0.300. The Morgan fingerprint density at radius 2 is 1.88 bits per heavy atom. The van der Waals surface area contributed by atoms with Crippen LogP contribution < -0.4 is 0 Å². The lowest BCUT2D eigenvalue weighted by Crippen LogP contribution is -2.62. The van der Waals surface area contributed by atoms with E-state index in [0.717, 1.165) is 29.6 Å². The van der Waals surface area contributed by atoms with Gasteiger partial charge in [-0.15, -0.1) is 0 Å². The van der Waals surface area contributed by atoms with E-state index < -0.39 is 0 Å². The minimum Gasteiger partial charge on any atom is -0.364 e. The molecule has 2 heterocycles. The van der Waals surface area contributed by atoms with Crippen LogP contribution in [0.15, 0.2) is 11.6 Å². The number of rotatable bonds is 5. The van der Waals surface area contributed by atoms with Gasteiger partial charge in [0.2, 0.25) is 0 Å². The molecule has 0 N–H and O–H groups in total. The van der Waals surface area contributed by atoms with Gasteiger partial charge in [-0.2, -0.15) is 0 Å². The molecule has 26 heavy (non-hydrogen) atoms. The van der Waals surface area contributed by atoms with Crippen LogP contribution in [0.4, 0.5) is 0 Å². The molecule has 1 heteroatoms. The summed E-state index contributed by atoms with van der Waals surface area (Å²) in [5, 5.41) is 0. The highest BCUT2D eigenvalue weighted by Crippen LogP contribution is 2.68. The third kappa shape index (κ3) is 3.11. The van der Waals surface area contributed by atoms with Gasteiger partial charge in [0.25, 0.3) is 0 Å². The standard InChI is InChI=1S/C23H38O.C2H6/c1-15(2)9-8-10-16(3)20-13-18-19-11-6-7-12-23(19)14-17(4)21(18)22(20,5)24-23;1-2/h14-16,18-21H,6-13H2,1-5H3;1-2H3. The summed E-state index contributed by atoms with van der Waals surface area (Å²) in [7, 11) is 0. The Morgan fingerprint density at radius 1 is 1.15 bits per heavy atom. The first kappa shape index (κ1) is 20.4. The number of hydrogen-bond donors (Lipinski definition) is 0. The summed E-state index contributed by atoms with van der Waals surface area (Å²) in [4.78, 5) is 0. The van der Waals surface area contributed by atoms with Crippen molar-refractivity contribution < 1.29 is 4.74 Å². The van der Waals surface area contributed by atoms with Crippen molar-refractivity contribution in [3.63, 3.8) is 0 Å². The highest BCUT2D eigenvalue weighted by atomic mass is 16.5. The Morgan fingerprint density at radius 3 is 2.58 bits per heavy atom. The topological polar surface area (TPSA) is 9.23 Å². The molecule has 5 rings (SSSR count). The van der Waals surface area contributed by atoms with Crippen LogP contribution in [0.5, 0.6) is 0 Å². The molecule has 7 atom stereocenters. The molecule has 4 bridgehead atoms. The second-order valence-corrected chi connectivity index (χ2v) is 10.3. The van der Waals surface area contributed by atoms with Gasteiger partial charge < -0.3 is 4.74 Å². The molecule has 1 nitrogen and oxygen atoms in total. The summed E-state index contributed by atoms with van der Waals surface area (Å²) in [6, 6.07) is 0. The molecule has 2 saturated carbocycles. The van der Waals surface area contributed by atoms with Crippen molar-refractivity contribution >= 4 is 0 Å². The van der Waals surface area contributed by atoms with E-state index in [1.54, 1.807) is 5.57 Å². The molecule has 1 spiro atoms. The maximum atomic E-state index is 7.11. The molecular weight excluding hydrogens is 316 g/mol. The molecule has 150 valence electrons. The fourth-order valence-electron chi connectivity index (χ4n) is 7.48. The minimum absolute atomic E-state index is 0.114. The summed E-state index contributed by atoms with van der Waals surface area (Å²) < 4.78 is 7.11. The SMILES string of the molecule is CC.CC1=CC23CCCCC2C2CC(C(C)CCCC(C)C)C(C)(O3)C12. The Balaban J connectivity index is 0.000000948. The zero-order valence-electron chi connectivity index (χ0n) is 18.6. The average Bonchev–Trinajstić information content (AvgIpc) is 2.85. The predicted octanol–water partition coefficient (Wildman–Crippen LogP) is 7.41. The Kier molecular flexibility index (Phi) is 5.98. The van der Waals surface area contributed by atoms with Crippen LogP contribution in [0.2, 0.25) is 0 Å². The van der Waals surface area contributed by atoms with Crippen LogP contribution >= 0.6 is 0 Å². The van der Waals surface area contributed by atoms with Gasteiger partial charge >= 0.3 is 0 Å². The third-order valence-electron chi connectivity index (χ3n) is 8.29. The molecular formula is C25H44O. The molecule has 3 fully saturated rings. The first-order valence-electron chi connectivity index (χ1n) is 11.8. The van der Waals surface area contributed by atoms with Crippen molar-refractivity contribution in [2.75, 3.05) is 0 Å². The first-order valence-corrected chi connectivity index (χ1v) is 11.8. The van der Waals surface area contributed by atoms with E-state index in [0.29, 0.717) is 5.92 Å². The normalized spacial score (nSPS) is 44.2. The second kappa shape index (κ2) is 7.61. The van der Waals surface area contributed by atoms with Gasteiger partial charge in [-0.1, -0.05) is 78.4 Å². The van der Waals surface area contributed by atoms with Crippen LogP contribution in [-0.4, -0.2) is 11.2 Å². The summed E-state index contributed by atoms with van der Waals surface area (Å²) >= 11 is 0. The van der Waals surface area contributed by atoms with Gasteiger partial charge in [-0.05, 0) is 62.7 Å². The van der Waals surface area contributed by atoms with Crippen LogP contribution in [0, 0.1) is 35.5 Å². The fourth-order valence-corrected chi connectivity index (χ4v) is 7.48. The van der Waals surface area contributed by atoms with Gasteiger partial charge in [0, 0.05) is 5.92 Å². The lowest BCUT2D eigenvalue weighted by Gasteiger charge is -2.60. The maximum absolute atomic E-state index is 7.11. The predicted molar refractivity (Wildman–Crippen MR) is 112 cm³/mol. The van der Waals surface area contributed by atoms with Crippen LogP contribution in [0.1, 0.15) is 99.8 Å². The van der Waals surface area contributed by atoms with Gasteiger partial charge in [0.15, 0.2) is 0 Å². The van der Waals surface area contributed by atoms with E-state index in [-0.39, 0.29) is 11.2 Å². The fraction of sp³-hybridized carbons (Fsp3) is 0.920. The van der Waals surface area contributed by atoms with Crippen molar-refractivity contribution in [3.8, 4) is 0 Å². The molecule has 0 amide bonds. The van der Waals surface area contributed by atoms with Gasteiger partial charge in [-0.25, -0.2) is 0 Å². The smallest absolute Gasteiger partial charge is 0.0903 e.